The third-order valence-electron chi connectivity index (χ3n) is 2.70. The molecule has 1 aromatic heterocycles. The van der Waals surface area contributed by atoms with Gasteiger partial charge in [0.1, 0.15) is 5.82 Å². The number of aryl methyl sites for hydroxylation is 1. The van der Waals surface area contributed by atoms with Gasteiger partial charge in [-0.05, 0) is 12.1 Å². The van der Waals surface area contributed by atoms with Crippen molar-refractivity contribution in [3.8, 4) is 0 Å². The Balaban J connectivity index is 2.88. The molecule has 0 aliphatic carbocycles. The van der Waals surface area contributed by atoms with E-state index < -0.39 is 5.56 Å². The lowest BCUT2D eigenvalue weighted by molar-refractivity contribution is 0.295. The SMILES string of the molecule is Cn1c(CCO)nc(=O)c2c(N)c(Cl)ccc21. The first-order chi connectivity index (χ1) is 8.06. The van der Waals surface area contributed by atoms with Gasteiger partial charge in [-0.25, -0.2) is 0 Å². The van der Waals surface area contributed by atoms with Crippen LogP contribution >= 0.6 is 11.6 Å². The van der Waals surface area contributed by atoms with Crippen LogP contribution in [0.25, 0.3) is 10.9 Å². The molecule has 2 rings (SSSR count). The van der Waals surface area contributed by atoms with Gasteiger partial charge in [0, 0.05) is 13.5 Å². The predicted molar refractivity (Wildman–Crippen MR) is 67.2 cm³/mol. The van der Waals surface area contributed by atoms with Crippen LogP contribution < -0.4 is 11.3 Å². The van der Waals surface area contributed by atoms with Crippen molar-refractivity contribution in [1.82, 2.24) is 9.55 Å². The zero-order valence-electron chi connectivity index (χ0n) is 9.27. The van der Waals surface area contributed by atoms with Crippen molar-refractivity contribution in [1.29, 1.82) is 0 Å². The van der Waals surface area contributed by atoms with E-state index in [1.807, 2.05) is 0 Å². The Kier molecular flexibility index (Phi) is 3.04. The summed E-state index contributed by atoms with van der Waals surface area (Å²) in [6, 6.07) is 3.36. The Labute approximate surface area is 102 Å². The molecule has 0 saturated carbocycles. The second kappa shape index (κ2) is 4.35. The molecule has 0 aliphatic heterocycles. The number of benzene rings is 1. The highest BCUT2D eigenvalue weighted by atomic mass is 35.5. The topological polar surface area (TPSA) is 81.1 Å². The molecule has 0 atom stereocenters. The minimum Gasteiger partial charge on any atom is -0.397 e. The van der Waals surface area contributed by atoms with Crippen LogP contribution in [0.4, 0.5) is 5.69 Å². The van der Waals surface area contributed by atoms with Gasteiger partial charge in [-0.1, -0.05) is 11.6 Å². The van der Waals surface area contributed by atoms with Crippen molar-refractivity contribution in [3.63, 3.8) is 0 Å². The molecule has 5 nitrogen and oxygen atoms in total. The third-order valence-corrected chi connectivity index (χ3v) is 3.03. The van der Waals surface area contributed by atoms with Gasteiger partial charge in [0.15, 0.2) is 0 Å². The molecule has 0 amide bonds. The Bertz CT molecular complexity index is 637. The van der Waals surface area contributed by atoms with Crippen LogP contribution in [-0.4, -0.2) is 21.3 Å². The molecule has 0 saturated heterocycles. The lowest BCUT2D eigenvalue weighted by Crippen LogP contribution is -2.19. The fourth-order valence-electron chi connectivity index (χ4n) is 1.80. The second-order valence-corrected chi connectivity index (χ2v) is 4.13. The van der Waals surface area contributed by atoms with Crippen molar-refractivity contribution < 1.29 is 5.11 Å². The molecule has 6 heteroatoms. The average Bonchev–Trinajstić information content (AvgIpc) is 2.29. The van der Waals surface area contributed by atoms with Gasteiger partial charge >= 0.3 is 0 Å². The molecule has 0 radical (unpaired) electrons. The minimum atomic E-state index is -0.415. The summed E-state index contributed by atoms with van der Waals surface area (Å²) in [5.74, 6) is 0.520. The lowest BCUT2D eigenvalue weighted by atomic mass is 10.2. The van der Waals surface area contributed by atoms with Gasteiger partial charge in [0.2, 0.25) is 0 Å². The Hall–Kier alpha value is -1.59. The molecular formula is C11H12ClN3O2. The number of rotatable bonds is 2. The number of nitrogens with two attached hydrogens (primary N) is 1. The molecule has 0 fully saturated rings. The zero-order chi connectivity index (χ0) is 12.6. The minimum absolute atomic E-state index is 0.0607. The zero-order valence-corrected chi connectivity index (χ0v) is 10.0. The first-order valence-electron chi connectivity index (χ1n) is 5.10. The summed E-state index contributed by atoms with van der Waals surface area (Å²) >= 11 is 5.87. The first kappa shape index (κ1) is 11.9. The number of aromatic nitrogens is 2. The van der Waals surface area contributed by atoms with Gasteiger partial charge in [-0.15, -0.1) is 0 Å². The summed E-state index contributed by atoms with van der Waals surface area (Å²) in [6.07, 6.45) is 0.324. The Morgan fingerprint density at radius 1 is 1.53 bits per heavy atom. The van der Waals surface area contributed by atoms with E-state index in [0.29, 0.717) is 28.2 Å². The van der Waals surface area contributed by atoms with Crippen molar-refractivity contribution in [2.45, 2.75) is 6.42 Å². The van der Waals surface area contributed by atoms with Crippen molar-refractivity contribution in [3.05, 3.63) is 33.3 Å². The summed E-state index contributed by atoms with van der Waals surface area (Å²) in [5.41, 5.74) is 6.27. The van der Waals surface area contributed by atoms with E-state index in [4.69, 9.17) is 22.4 Å². The maximum absolute atomic E-state index is 11.9. The van der Waals surface area contributed by atoms with Crippen LogP contribution in [0.1, 0.15) is 5.82 Å². The van der Waals surface area contributed by atoms with E-state index in [-0.39, 0.29) is 12.3 Å². The number of anilines is 1. The average molecular weight is 254 g/mol. The van der Waals surface area contributed by atoms with E-state index in [9.17, 15) is 4.79 Å². The summed E-state index contributed by atoms with van der Waals surface area (Å²) in [7, 11) is 1.77. The highest BCUT2D eigenvalue weighted by Crippen LogP contribution is 2.25. The van der Waals surface area contributed by atoms with Gasteiger partial charge < -0.3 is 15.4 Å². The van der Waals surface area contributed by atoms with Gasteiger partial charge in [0.05, 0.1) is 28.2 Å². The molecule has 1 heterocycles. The lowest BCUT2D eigenvalue weighted by Gasteiger charge is -2.11. The molecular weight excluding hydrogens is 242 g/mol. The van der Waals surface area contributed by atoms with Crippen LogP contribution in [0.15, 0.2) is 16.9 Å². The molecule has 0 bridgehead atoms. The monoisotopic (exact) mass is 253 g/mol. The number of fused-ring (bicyclic) bond motifs is 1. The Morgan fingerprint density at radius 3 is 2.88 bits per heavy atom. The van der Waals surface area contributed by atoms with Crippen LogP contribution in [-0.2, 0) is 13.5 Å². The highest BCUT2D eigenvalue weighted by molar-refractivity contribution is 6.34. The summed E-state index contributed by atoms with van der Waals surface area (Å²) in [6.45, 7) is -0.0607. The fraction of sp³-hybridized carbons (Fsp3) is 0.273. The van der Waals surface area contributed by atoms with Crippen molar-refractivity contribution in [2.24, 2.45) is 7.05 Å². The van der Waals surface area contributed by atoms with E-state index in [2.05, 4.69) is 4.98 Å². The van der Waals surface area contributed by atoms with E-state index in [0.717, 1.165) is 0 Å². The summed E-state index contributed by atoms with van der Waals surface area (Å²) < 4.78 is 1.74. The first-order valence-corrected chi connectivity index (χ1v) is 5.48. The molecule has 0 aliphatic rings. The largest absolute Gasteiger partial charge is 0.397 e. The predicted octanol–water partition coefficient (Wildman–Crippen LogP) is 0.704. The van der Waals surface area contributed by atoms with Gasteiger partial charge in [-0.2, -0.15) is 4.98 Å². The summed E-state index contributed by atoms with van der Waals surface area (Å²) in [4.78, 5) is 15.8. The standard InChI is InChI=1S/C11H12ClN3O2/c1-15-7-3-2-6(12)10(13)9(7)11(17)14-8(15)4-5-16/h2-3,16H,4-5,13H2,1H3. The fourth-order valence-corrected chi connectivity index (χ4v) is 1.96. The van der Waals surface area contributed by atoms with E-state index >= 15 is 0 Å². The van der Waals surface area contributed by atoms with E-state index in [1.165, 1.54) is 0 Å². The van der Waals surface area contributed by atoms with Crippen molar-refractivity contribution in [2.75, 3.05) is 12.3 Å². The number of aliphatic hydroxyl groups excluding tert-OH is 1. The number of hydrogen-bond donors (Lipinski definition) is 2. The number of nitrogens with zero attached hydrogens (tertiary/aromatic N) is 2. The number of hydrogen-bond acceptors (Lipinski definition) is 4. The molecule has 0 spiro atoms. The molecule has 1 aromatic carbocycles. The molecule has 90 valence electrons. The van der Waals surface area contributed by atoms with E-state index in [1.54, 1.807) is 23.7 Å². The number of nitrogen functional groups attached to an aromatic ring is 1. The van der Waals surface area contributed by atoms with Gasteiger partial charge in [0.25, 0.3) is 5.56 Å². The van der Waals surface area contributed by atoms with Crippen LogP contribution in [0.3, 0.4) is 0 Å². The molecule has 3 N–H and O–H groups in total. The number of aliphatic hydroxyl groups is 1. The quantitative estimate of drug-likeness (QED) is 0.772. The van der Waals surface area contributed by atoms with Crippen LogP contribution in [0.5, 0.6) is 0 Å². The highest BCUT2D eigenvalue weighted by Gasteiger charge is 2.12. The smallest absolute Gasteiger partial charge is 0.282 e. The summed E-state index contributed by atoms with van der Waals surface area (Å²) in [5, 5.41) is 9.56. The second-order valence-electron chi connectivity index (χ2n) is 3.72. The van der Waals surface area contributed by atoms with Crippen LogP contribution in [0, 0.1) is 0 Å². The van der Waals surface area contributed by atoms with Crippen molar-refractivity contribution >= 4 is 28.2 Å². The maximum Gasteiger partial charge on any atom is 0.282 e. The van der Waals surface area contributed by atoms with Crippen LogP contribution in [0.2, 0.25) is 5.02 Å². The third kappa shape index (κ3) is 1.87. The Morgan fingerprint density at radius 2 is 2.24 bits per heavy atom. The normalized spacial score (nSPS) is 11.0. The molecule has 0 unspecified atom stereocenters. The maximum atomic E-state index is 11.9. The number of halogens is 1. The molecule has 2 aromatic rings. The molecule has 17 heavy (non-hydrogen) atoms. The van der Waals surface area contributed by atoms with Gasteiger partial charge in [-0.3, -0.25) is 4.79 Å².